The fourth-order valence-corrected chi connectivity index (χ4v) is 10.2. The van der Waals surface area contributed by atoms with Gasteiger partial charge in [-0.2, -0.15) is 0 Å². The normalized spacial score (nSPS) is 38.0. The summed E-state index contributed by atoms with van der Waals surface area (Å²) in [7, 11) is 0. The van der Waals surface area contributed by atoms with E-state index in [2.05, 4.69) is 56.6 Å². The van der Waals surface area contributed by atoms with E-state index in [1.807, 2.05) is 35.3 Å². The Morgan fingerprint density at radius 2 is 1.85 bits per heavy atom. The third kappa shape index (κ3) is 5.53. The maximum Gasteiger partial charge on any atom is 0.338 e. The van der Waals surface area contributed by atoms with E-state index in [1.165, 1.54) is 50.5 Å². The highest BCUT2D eigenvalue weighted by Crippen LogP contribution is 2.67. The molecule has 0 radical (unpaired) electrons. The first kappa shape index (κ1) is 30.1. The summed E-state index contributed by atoms with van der Waals surface area (Å²) in [6, 6.07) is 7.57. The van der Waals surface area contributed by atoms with Crippen molar-refractivity contribution in [1.82, 2.24) is 0 Å². The molecule has 0 aromatic heterocycles. The molecule has 0 aliphatic heterocycles. The number of carbonyl (C=O) groups excluding carboxylic acids is 1. The van der Waals surface area contributed by atoms with Gasteiger partial charge in [-0.25, -0.2) is 4.79 Å². The minimum atomic E-state index is -0.448. The first-order valence-corrected chi connectivity index (χ1v) is 16.9. The number of rotatable bonds is 8. The Hall–Kier alpha value is -1.39. The van der Waals surface area contributed by atoms with E-state index in [1.54, 1.807) is 0 Å². The van der Waals surface area contributed by atoms with Crippen molar-refractivity contribution >= 4 is 28.0 Å². The van der Waals surface area contributed by atoms with Gasteiger partial charge in [0.15, 0.2) is 0 Å². The minimum absolute atomic E-state index is 0.196. The molecule has 40 heavy (non-hydrogen) atoms. The maximum absolute atomic E-state index is 13.4. The molecule has 1 aromatic rings. The van der Waals surface area contributed by atoms with Crippen molar-refractivity contribution in [1.29, 1.82) is 0 Å². The molecule has 0 amide bonds. The van der Waals surface area contributed by atoms with Crippen LogP contribution in [0.3, 0.4) is 0 Å². The number of benzene rings is 1. The molecule has 4 aliphatic carbocycles. The number of carbonyl (C=O) groups is 1. The Bertz CT molecular complexity index is 1110. The van der Waals surface area contributed by atoms with Crippen molar-refractivity contribution in [2.45, 2.75) is 111 Å². The highest BCUT2D eigenvalue weighted by molar-refractivity contribution is 9.11. The van der Waals surface area contributed by atoms with Crippen LogP contribution in [-0.2, 0) is 4.74 Å². The van der Waals surface area contributed by atoms with Crippen LogP contribution >= 0.6 is 15.9 Å². The third-order valence-electron chi connectivity index (χ3n) is 12.0. The van der Waals surface area contributed by atoms with Crippen molar-refractivity contribution in [2.75, 3.05) is 0 Å². The number of aliphatic hydroxyl groups excluding tert-OH is 1. The van der Waals surface area contributed by atoms with Crippen molar-refractivity contribution in [3.8, 4) is 0 Å². The van der Waals surface area contributed by atoms with Gasteiger partial charge in [-0.3, -0.25) is 0 Å². The van der Waals surface area contributed by atoms with Gasteiger partial charge < -0.3 is 9.84 Å². The molecular weight excluding hydrogens is 560 g/mol. The van der Waals surface area contributed by atoms with Crippen LogP contribution in [0, 0.1) is 46.3 Å². The molecule has 220 valence electrons. The molecular formula is C36H51BrO3. The minimum Gasteiger partial charge on any atom is -0.458 e. The number of fused-ring (bicyclic) bond motifs is 5. The Balaban J connectivity index is 1.35. The molecule has 3 saturated carbocycles. The predicted molar refractivity (Wildman–Crippen MR) is 168 cm³/mol. The molecule has 3 fully saturated rings. The van der Waals surface area contributed by atoms with Gasteiger partial charge in [-0.1, -0.05) is 93.6 Å². The van der Waals surface area contributed by atoms with Crippen LogP contribution in [0.15, 0.2) is 40.9 Å². The van der Waals surface area contributed by atoms with Crippen molar-refractivity contribution in [2.24, 2.45) is 46.3 Å². The van der Waals surface area contributed by atoms with E-state index in [-0.39, 0.29) is 17.5 Å². The fraction of sp³-hybridized carbons (Fsp3) is 0.694. The van der Waals surface area contributed by atoms with E-state index in [4.69, 9.17) is 4.74 Å². The van der Waals surface area contributed by atoms with Crippen LogP contribution in [0.2, 0.25) is 0 Å². The quantitative estimate of drug-likeness (QED) is 0.235. The highest BCUT2D eigenvalue weighted by Gasteiger charge is 2.61. The number of halogens is 1. The largest absolute Gasteiger partial charge is 0.458 e. The zero-order valence-electron chi connectivity index (χ0n) is 25.4. The molecule has 0 heterocycles. The Labute approximate surface area is 251 Å². The van der Waals surface area contributed by atoms with Gasteiger partial charge in [0.05, 0.1) is 11.7 Å². The zero-order valence-corrected chi connectivity index (χ0v) is 27.0. The van der Waals surface area contributed by atoms with Crippen LogP contribution < -0.4 is 0 Å². The molecule has 0 saturated heterocycles. The average Bonchev–Trinajstić information content (AvgIpc) is 3.27. The maximum atomic E-state index is 13.4. The molecule has 1 unspecified atom stereocenters. The molecule has 4 heteroatoms. The van der Waals surface area contributed by atoms with Gasteiger partial charge in [0.1, 0.15) is 6.10 Å². The van der Waals surface area contributed by atoms with Gasteiger partial charge in [0, 0.05) is 11.8 Å². The van der Waals surface area contributed by atoms with Crippen LogP contribution in [-0.4, -0.2) is 23.3 Å². The van der Waals surface area contributed by atoms with Gasteiger partial charge >= 0.3 is 5.97 Å². The SMILES string of the molecule is CC(C)CCC[C@@H](C)[C@H]1CC[C@H]2[C@@H]3CC=C4C[C@@H](O)CC(OC(=O)c5ccc(/C=C\Br)cc5)[C@]4(C)[C@H]3CC[C@]12C. The fourth-order valence-electron chi connectivity index (χ4n) is 9.87. The zero-order chi connectivity index (χ0) is 28.7. The van der Waals surface area contributed by atoms with E-state index >= 15 is 0 Å². The molecule has 3 nitrogen and oxygen atoms in total. The second kappa shape index (κ2) is 12.1. The second-order valence-corrected chi connectivity index (χ2v) is 15.1. The lowest BCUT2D eigenvalue weighted by Gasteiger charge is -2.60. The lowest BCUT2D eigenvalue weighted by atomic mass is 9.46. The Morgan fingerprint density at radius 1 is 1.10 bits per heavy atom. The molecule has 1 aromatic carbocycles. The van der Waals surface area contributed by atoms with Gasteiger partial charge in [0.2, 0.25) is 0 Å². The van der Waals surface area contributed by atoms with E-state index in [9.17, 15) is 9.90 Å². The first-order chi connectivity index (χ1) is 19.1. The molecule has 0 spiro atoms. The van der Waals surface area contributed by atoms with Crippen molar-refractivity contribution < 1.29 is 14.6 Å². The summed E-state index contributed by atoms with van der Waals surface area (Å²) in [5.41, 5.74) is 3.17. The summed E-state index contributed by atoms with van der Waals surface area (Å²) >= 11 is 3.31. The molecule has 5 rings (SSSR count). The lowest BCUT2D eigenvalue weighted by Crippen LogP contribution is -2.56. The summed E-state index contributed by atoms with van der Waals surface area (Å²) in [5, 5.41) is 10.9. The summed E-state index contributed by atoms with van der Waals surface area (Å²) in [5.74, 6) is 4.05. The third-order valence-corrected chi connectivity index (χ3v) is 12.3. The van der Waals surface area contributed by atoms with Crippen LogP contribution in [0.1, 0.15) is 115 Å². The van der Waals surface area contributed by atoms with E-state index in [0.29, 0.717) is 29.2 Å². The molecule has 4 aliphatic rings. The van der Waals surface area contributed by atoms with Crippen LogP contribution in [0.25, 0.3) is 6.08 Å². The molecule has 1 N–H and O–H groups in total. The first-order valence-electron chi connectivity index (χ1n) is 16.0. The lowest BCUT2D eigenvalue weighted by molar-refractivity contribution is -0.113. The number of hydrogen-bond donors (Lipinski definition) is 1. The van der Waals surface area contributed by atoms with Crippen LogP contribution in [0.5, 0.6) is 0 Å². The highest BCUT2D eigenvalue weighted by atomic mass is 79.9. The number of ether oxygens (including phenoxy) is 1. The Kier molecular flexibility index (Phi) is 9.08. The standard InChI is InChI=1S/C36H51BrO3/c1-23(2)7-6-8-24(3)30-15-16-31-29-14-13-27-21-28(38)22-33(36(27,5)32(29)17-19-35(30,31)4)40-34(39)26-11-9-25(10-12-26)18-20-37/h9-13,18,20,23-24,28-33,38H,6-8,14-17,19,21-22H2,1-5H3/b20-18-/t24-,28-,29+,30-,31+,32+,33?,35-,36+/m1/s1. The summed E-state index contributed by atoms with van der Waals surface area (Å²) < 4.78 is 6.36. The molecule has 0 bridgehead atoms. The summed E-state index contributed by atoms with van der Waals surface area (Å²) in [6.45, 7) is 12.2. The van der Waals surface area contributed by atoms with Gasteiger partial charge in [0.25, 0.3) is 0 Å². The Morgan fingerprint density at radius 3 is 2.55 bits per heavy atom. The topological polar surface area (TPSA) is 46.5 Å². The average molecular weight is 612 g/mol. The van der Waals surface area contributed by atoms with Crippen LogP contribution in [0.4, 0.5) is 0 Å². The van der Waals surface area contributed by atoms with Gasteiger partial charge in [-0.15, -0.1) is 0 Å². The number of esters is 1. The predicted octanol–water partition coefficient (Wildman–Crippen LogP) is 9.59. The van der Waals surface area contributed by atoms with Gasteiger partial charge in [-0.05, 0) is 108 Å². The van der Waals surface area contributed by atoms with Crippen molar-refractivity contribution in [3.05, 3.63) is 52.0 Å². The van der Waals surface area contributed by atoms with E-state index in [0.717, 1.165) is 42.1 Å². The monoisotopic (exact) mass is 610 g/mol. The second-order valence-electron chi connectivity index (χ2n) is 14.6. The smallest absolute Gasteiger partial charge is 0.338 e. The van der Waals surface area contributed by atoms with Crippen molar-refractivity contribution in [3.63, 3.8) is 0 Å². The number of hydrogen-bond acceptors (Lipinski definition) is 3. The summed E-state index contributed by atoms with van der Waals surface area (Å²) in [4.78, 5) is 15.2. The van der Waals surface area contributed by atoms with E-state index < -0.39 is 6.10 Å². The molecule has 9 atom stereocenters. The number of allylic oxidation sites excluding steroid dienone is 1. The summed E-state index contributed by atoms with van der Waals surface area (Å²) in [6.07, 6.45) is 15.3. The number of aliphatic hydroxyl groups is 1.